The predicted octanol–water partition coefficient (Wildman–Crippen LogP) is 4.30. The van der Waals surface area contributed by atoms with Crippen molar-refractivity contribution in [2.45, 2.75) is 32.5 Å². The van der Waals surface area contributed by atoms with Crippen LogP contribution in [0.25, 0.3) is 5.52 Å². The lowest BCUT2D eigenvalue weighted by Gasteiger charge is -2.26. The summed E-state index contributed by atoms with van der Waals surface area (Å²) in [5.74, 6) is -0.462. The normalized spacial score (nSPS) is 12.2. The standard InChI is InChI=1S/C19H18ClF3N4O2/c1-11-14(5-4-13-8-24-10-27(11)13)16(28)26-18(2,3)9-29-17-15(20)6-12(7-25-17)19(21,22)23/h4-8,10H,9H2,1-3H3,(H,26,28). The van der Waals surface area contributed by atoms with Crippen LogP contribution in [-0.4, -0.2) is 32.4 Å². The van der Waals surface area contributed by atoms with E-state index in [1.54, 1.807) is 49.8 Å². The first-order chi connectivity index (χ1) is 13.5. The number of rotatable bonds is 5. The monoisotopic (exact) mass is 426 g/mol. The Balaban J connectivity index is 1.69. The Hall–Kier alpha value is -2.81. The van der Waals surface area contributed by atoms with Gasteiger partial charge in [-0.1, -0.05) is 11.6 Å². The van der Waals surface area contributed by atoms with Crippen LogP contribution in [0.5, 0.6) is 5.88 Å². The second-order valence-electron chi connectivity index (χ2n) is 7.16. The van der Waals surface area contributed by atoms with Gasteiger partial charge in [-0.05, 0) is 39.0 Å². The Kier molecular flexibility index (Phi) is 5.44. The summed E-state index contributed by atoms with van der Waals surface area (Å²) < 4.78 is 45.3. The number of hydrogen-bond donors (Lipinski definition) is 1. The molecule has 3 rings (SSSR count). The summed E-state index contributed by atoms with van der Waals surface area (Å²) in [6.07, 6.45) is -0.589. The molecule has 3 heterocycles. The fourth-order valence-electron chi connectivity index (χ4n) is 2.71. The lowest BCUT2D eigenvalue weighted by molar-refractivity contribution is -0.137. The SMILES string of the molecule is Cc1c(C(=O)NC(C)(C)COc2ncc(C(F)(F)F)cc2Cl)ccc2cncn12. The average molecular weight is 427 g/mol. The molecule has 10 heteroatoms. The molecule has 154 valence electrons. The number of alkyl halides is 3. The van der Waals surface area contributed by atoms with E-state index in [0.29, 0.717) is 11.8 Å². The van der Waals surface area contributed by atoms with Crippen molar-refractivity contribution < 1.29 is 22.7 Å². The van der Waals surface area contributed by atoms with Crippen LogP contribution in [0.2, 0.25) is 5.02 Å². The maximum atomic E-state index is 12.7. The molecule has 6 nitrogen and oxygen atoms in total. The molecule has 0 bridgehead atoms. The van der Waals surface area contributed by atoms with Crippen molar-refractivity contribution in [2.75, 3.05) is 6.61 Å². The Bertz CT molecular complexity index is 1060. The highest BCUT2D eigenvalue weighted by atomic mass is 35.5. The Morgan fingerprint density at radius 1 is 1.28 bits per heavy atom. The van der Waals surface area contributed by atoms with Crippen molar-refractivity contribution in [1.29, 1.82) is 0 Å². The molecule has 0 atom stereocenters. The molecule has 3 aromatic heterocycles. The van der Waals surface area contributed by atoms with Crippen molar-refractivity contribution in [2.24, 2.45) is 0 Å². The van der Waals surface area contributed by atoms with Crippen LogP contribution >= 0.6 is 11.6 Å². The fraction of sp³-hybridized carbons (Fsp3) is 0.316. The summed E-state index contributed by atoms with van der Waals surface area (Å²) in [4.78, 5) is 20.4. The molecule has 0 radical (unpaired) electrons. The zero-order valence-electron chi connectivity index (χ0n) is 15.8. The number of nitrogens with one attached hydrogen (secondary N) is 1. The van der Waals surface area contributed by atoms with Gasteiger partial charge in [0.25, 0.3) is 5.91 Å². The summed E-state index contributed by atoms with van der Waals surface area (Å²) in [6.45, 7) is 5.18. The summed E-state index contributed by atoms with van der Waals surface area (Å²) in [5.41, 5.74) is 0.245. The maximum absolute atomic E-state index is 12.7. The molecule has 0 aliphatic rings. The van der Waals surface area contributed by atoms with Crippen LogP contribution in [0.1, 0.15) is 35.5 Å². The molecule has 0 saturated carbocycles. The number of pyridine rings is 2. The second kappa shape index (κ2) is 7.55. The summed E-state index contributed by atoms with van der Waals surface area (Å²) >= 11 is 5.85. The number of ether oxygens (including phenoxy) is 1. The van der Waals surface area contributed by atoms with Crippen molar-refractivity contribution in [3.63, 3.8) is 0 Å². The number of imidazole rings is 1. The number of halogens is 4. The minimum atomic E-state index is -4.55. The van der Waals surface area contributed by atoms with Gasteiger partial charge < -0.3 is 14.5 Å². The third-order valence-corrected chi connectivity index (χ3v) is 4.51. The number of aryl methyl sites for hydroxylation is 1. The number of carbonyl (C=O) groups is 1. The number of nitrogens with zero attached hydrogens (tertiary/aromatic N) is 3. The van der Waals surface area contributed by atoms with Crippen molar-refractivity contribution in [3.05, 3.63) is 58.8 Å². The van der Waals surface area contributed by atoms with Crippen molar-refractivity contribution in [1.82, 2.24) is 19.7 Å². The zero-order chi connectivity index (χ0) is 21.4. The first kappa shape index (κ1) is 20.9. The molecule has 0 unspecified atom stereocenters. The molecule has 0 saturated heterocycles. The van der Waals surface area contributed by atoms with Crippen LogP contribution < -0.4 is 10.1 Å². The van der Waals surface area contributed by atoms with Crippen LogP contribution in [0, 0.1) is 6.92 Å². The summed E-state index contributed by atoms with van der Waals surface area (Å²) in [5, 5.41) is 2.59. The van der Waals surface area contributed by atoms with E-state index in [-0.39, 0.29) is 23.4 Å². The minimum Gasteiger partial charge on any atom is -0.474 e. The Morgan fingerprint density at radius 2 is 2.00 bits per heavy atom. The molecular weight excluding hydrogens is 409 g/mol. The zero-order valence-corrected chi connectivity index (χ0v) is 16.6. The third-order valence-electron chi connectivity index (χ3n) is 4.24. The second-order valence-corrected chi connectivity index (χ2v) is 7.56. The molecule has 0 fully saturated rings. The highest BCUT2D eigenvalue weighted by molar-refractivity contribution is 6.31. The average Bonchev–Trinajstić information content (AvgIpc) is 3.09. The van der Waals surface area contributed by atoms with E-state index in [1.165, 1.54) is 0 Å². The van der Waals surface area contributed by atoms with Gasteiger partial charge in [-0.3, -0.25) is 4.79 Å². The Morgan fingerprint density at radius 3 is 2.66 bits per heavy atom. The largest absolute Gasteiger partial charge is 0.474 e. The van der Waals surface area contributed by atoms with Gasteiger partial charge in [-0.2, -0.15) is 13.2 Å². The van der Waals surface area contributed by atoms with Crippen LogP contribution in [0.4, 0.5) is 13.2 Å². The molecule has 0 spiro atoms. The van der Waals surface area contributed by atoms with E-state index in [1.807, 2.05) is 0 Å². The first-order valence-corrected chi connectivity index (χ1v) is 8.95. The lowest BCUT2D eigenvalue weighted by atomic mass is 10.1. The molecule has 29 heavy (non-hydrogen) atoms. The minimum absolute atomic E-state index is 0.0524. The lowest BCUT2D eigenvalue weighted by Crippen LogP contribution is -2.48. The summed E-state index contributed by atoms with van der Waals surface area (Å²) in [7, 11) is 0. The van der Waals surface area contributed by atoms with Gasteiger partial charge in [0.1, 0.15) is 11.6 Å². The third kappa shape index (κ3) is 4.61. The van der Waals surface area contributed by atoms with Crippen LogP contribution in [-0.2, 0) is 6.18 Å². The van der Waals surface area contributed by atoms with Gasteiger partial charge >= 0.3 is 6.18 Å². The number of aromatic nitrogens is 3. The van der Waals surface area contributed by atoms with Gasteiger partial charge in [0, 0.05) is 11.9 Å². The maximum Gasteiger partial charge on any atom is 0.417 e. The van der Waals surface area contributed by atoms with E-state index >= 15 is 0 Å². The number of carbonyl (C=O) groups excluding carboxylic acids is 1. The number of amides is 1. The molecule has 1 amide bonds. The van der Waals surface area contributed by atoms with Gasteiger partial charge in [0.2, 0.25) is 5.88 Å². The predicted molar refractivity (Wildman–Crippen MR) is 101 cm³/mol. The van der Waals surface area contributed by atoms with Gasteiger partial charge in [-0.15, -0.1) is 0 Å². The van der Waals surface area contributed by atoms with E-state index in [9.17, 15) is 18.0 Å². The number of fused-ring (bicyclic) bond motifs is 1. The highest BCUT2D eigenvalue weighted by Gasteiger charge is 2.32. The molecule has 0 aromatic carbocycles. The van der Waals surface area contributed by atoms with E-state index in [0.717, 1.165) is 17.3 Å². The first-order valence-electron chi connectivity index (χ1n) is 8.58. The smallest absolute Gasteiger partial charge is 0.417 e. The van der Waals surface area contributed by atoms with E-state index in [2.05, 4.69) is 15.3 Å². The molecule has 0 aliphatic carbocycles. The van der Waals surface area contributed by atoms with E-state index in [4.69, 9.17) is 16.3 Å². The fourth-order valence-corrected chi connectivity index (χ4v) is 2.93. The van der Waals surface area contributed by atoms with E-state index < -0.39 is 17.3 Å². The van der Waals surface area contributed by atoms with Gasteiger partial charge in [0.05, 0.1) is 34.7 Å². The van der Waals surface area contributed by atoms with Crippen LogP contribution in [0.3, 0.4) is 0 Å². The quantitative estimate of drug-likeness (QED) is 0.660. The topological polar surface area (TPSA) is 68.5 Å². The summed E-state index contributed by atoms with van der Waals surface area (Å²) in [6, 6.07) is 4.23. The molecule has 0 aliphatic heterocycles. The van der Waals surface area contributed by atoms with Gasteiger partial charge in [0.15, 0.2) is 0 Å². The van der Waals surface area contributed by atoms with Gasteiger partial charge in [-0.25, -0.2) is 9.97 Å². The Labute approximate surface area is 169 Å². The van der Waals surface area contributed by atoms with Crippen LogP contribution in [0.15, 0.2) is 36.9 Å². The highest BCUT2D eigenvalue weighted by Crippen LogP contribution is 2.33. The molecule has 1 N–H and O–H groups in total. The van der Waals surface area contributed by atoms with Crippen molar-refractivity contribution >= 4 is 23.0 Å². The van der Waals surface area contributed by atoms with Crippen molar-refractivity contribution in [3.8, 4) is 5.88 Å². The molecular formula is C19H18ClF3N4O2. The number of hydrogen-bond acceptors (Lipinski definition) is 4. The molecule has 3 aromatic rings.